The fourth-order valence-electron chi connectivity index (χ4n) is 3.13. The highest BCUT2D eigenvalue weighted by molar-refractivity contribution is 9.11. The van der Waals surface area contributed by atoms with Gasteiger partial charge in [-0.1, -0.05) is 30.3 Å². The number of rotatable bonds is 6. The van der Waals surface area contributed by atoms with E-state index in [0.717, 1.165) is 16.7 Å². The van der Waals surface area contributed by atoms with Crippen molar-refractivity contribution in [1.29, 1.82) is 0 Å². The van der Waals surface area contributed by atoms with E-state index in [1.807, 2.05) is 0 Å². The van der Waals surface area contributed by atoms with Crippen LogP contribution >= 0.6 is 43.6 Å². The van der Waals surface area contributed by atoms with Gasteiger partial charge in [-0.3, -0.25) is 14.5 Å². The highest BCUT2D eigenvalue weighted by Gasteiger charge is 2.35. The molecular weight excluding hydrogens is 580 g/mol. The van der Waals surface area contributed by atoms with Crippen molar-refractivity contribution in [3.63, 3.8) is 0 Å². The van der Waals surface area contributed by atoms with Crippen LogP contribution in [0.1, 0.15) is 16.7 Å². The van der Waals surface area contributed by atoms with E-state index in [0.29, 0.717) is 31.4 Å². The topological polar surface area (TPSA) is 46.6 Å². The molecule has 168 valence electrons. The highest BCUT2D eigenvalue weighted by atomic mass is 79.9. The molecular formula is C24H15Br2F2NO3S. The lowest BCUT2D eigenvalue weighted by Crippen LogP contribution is -2.27. The van der Waals surface area contributed by atoms with Crippen molar-refractivity contribution in [2.24, 2.45) is 0 Å². The minimum Gasteiger partial charge on any atom is -0.486 e. The van der Waals surface area contributed by atoms with Crippen molar-refractivity contribution in [2.75, 3.05) is 0 Å². The minimum absolute atomic E-state index is 0.0471. The first-order valence-electron chi connectivity index (χ1n) is 9.67. The van der Waals surface area contributed by atoms with E-state index in [1.54, 1.807) is 36.4 Å². The van der Waals surface area contributed by atoms with Crippen LogP contribution < -0.4 is 4.74 Å². The highest BCUT2D eigenvalue weighted by Crippen LogP contribution is 2.38. The van der Waals surface area contributed by atoms with E-state index in [-0.39, 0.29) is 29.7 Å². The number of benzene rings is 3. The van der Waals surface area contributed by atoms with Crippen LogP contribution in [0.3, 0.4) is 0 Å². The summed E-state index contributed by atoms with van der Waals surface area (Å²) in [6.45, 7) is 0.115. The van der Waals surface area contributed by atoms with Crippen molar-refractivity contribution >= 4 is 60.8 Å². The third kappa shape index (κ3) is 5.54. The fourth-order valence-corrected chi connectivity index (χ4v) is 5.42. The van der Waals surface area contributed by atoms with Crippen LogP contribution in [0.2, 0.25) is 0 Å². The summed E-state index contributed by atoms with van der Waals surface area (Å²) in [6, 6.07) is 15.5. The van der Waals surface area contributed by atoms with E-state index in [4.69, 9.17) is 4.74 Å². The van der Waals surface area contributed by atoms with Gasteiger partial charge >= 0.3 is 0 Å². The summed E-state index contributed by atoms with van der Waals surface area (Å²) in [6.07, 6.45) is 1.62. The summed E-state index contributed by atoms with van der Waals surface area (Å²) in [4.78, 5) is 26.6. The Kier molecular flexibility index (Phi) is 7.31. The van der Waals surface area contributed by atoms with Crippen LogP contribution in [0.15, 0.2) is 74.5 Å². The normalized spacial score (nSPS) is 14.9. The van der Waals surface area contributed by atoms with E-state index >= 15 is 0 Å². The maximum Gasteiger partial charge on any atom is 0.293 e. The first-order chi connectivity index (χ1) is 15.8. The minimum atomic E-state index is -0.415. The Morgan fingerprint density at radius 3 is 2.30 bits per heavy atom. The molecule has 33 heavy (non-hydrogen) atoms. The van der Waals surface area contributed by atoms with Gasteiger partial charge in [-0.25, -0.2) is 8.78 Å². The van der Waals surface area contributed by atoms with E-state index in [1.165, 1.54) is 30.3 Å². The largest absolute Gasteiger partial charge is 0.486 e. The van der Waals surface area contributed by atoms with Crippen molar-refractivity contribution in [3.8, 4) is 5.75 Å². The number of amides is 2. The fraction of sp³-hybridized carbons (Fsp3) is 0.0833. The molecule has 4 rings (SSSR count). The van der Waals surface area contributed by atoms with Gasteiger partial charge in [0.25, 0.3) is 11.1 Å². The van der Waals surface area contributed by atoms with Crippen molar-refractivity contribution in [2.45, 2.75) is 13.2 Å². The standard InChI is InChI=1S/C24H15Br2F2NO3S/c25-18-9-15(10-19(26)22(18)32-13-16-3-1-2-4-20(16)28)11-21-23(30)29(24(31)33-21)12-14-5-7-17(27)8-6-14/h1-11H,12-13H2/b21-11+. The lowest BCUT2D eigenvalue weighted by molar-refractivity contribution is -0.123. The molecule has 0 atom stereocenters. The molecule has 0 aliphatic carbocycles. The van der Waals surface area contributed by atoms with Crippen LogP contribution in [-0.4, -0.2) is 16.0 Å². The van der Waals surface area contributed by atoms with Gasteiger partial charge in [0, 0.05) is 5.56 Å². The third-order valence-electron chi connectivity index (χ3n) is 4.78. The molecule has 3 aromatic rings. The number of carbonyl (C=O) groups excluding carboxylic acids is 2. The number of nitrogens with zero attached hydrogens (tertiary/aromatic N) is 1. The Morgan fingerprint density at radius 2 is 1.64 bits per heavy atom. The number of hydrogen-bond donors (Lipinski definition) is 0. The van der Waals surface area contributed by atoms with Gasteiger partial charge in [-0.05, 0) is 91.2 Å². The number of thioether (sulfide) groups is 1. The quantitative estimate of drug-likeness (QED) is 0.281. The molecule has 1 fully saturated rings. The van der Waals surface area contributed by atoms with Crippen LogP contribution in [0.25, 0.3) is 6.08 Å². The molecule has 0 bridgehead atoms. The van der Waals surface area contributed by atoms with Crippen LogP contribution in [0, 0.1) is 11.6 Å². The second-order valence-corrected chi connectivity index (χ2v) is 9.79. The molecule has 3 aromatic carbocycles. The summed E-state index contributed by atoms with van der Waals surface area (Å²) < 4.78 is 33.9. The van der Waals surface area contributed by atoms with Gasteiger partial charge in [0.2, 0.25) is 0 Å². The zero-order chi connectivity index (χ0) is 23.5. The number of carbonyl (C=O) groups is 2. The van der Waals surface area contributed by atoms with Gasteiger partial charge < -0.3 is 4.74 Å². The second-order valence-electron chi connectivity index (χ2n) is 7.09. The summed E-state index contributed by atoms with van der Waals surface area (Å²) in [7, 11) is 0. The molecule has 0 N–H and O–H groups in total. The summed E-state index contributed by atoms with van der Waals surface area (Å²) in [5, 5.41) is -0.390. The van der Waals surface area contributed by atoms with Gasteiger partial charge in [-0.2, -0.15) is 0 Å². The molecule has 0 aromatic heterocycles. The average Bonchev–Trinajstić information content (AvgIpc) is 3.03. The molecule has 0 unspecified atom stereocenters. The molecule has 1 aliphatic rings. The lowest BCUT2D eigenvalue weighted by atomic mass is 10.2. The summed E-state index contributed by atoms with van der Waals surface area (Å²) >= 11 is 7.75. The average molecular weight is 595 g/mol. The zero-order valence-electron chi connectivity index (χ0n) is 16.9. The smallest absolute Gasteiger partial charge is 0.293 e. The Balaban J connectivity index is 1.50. The van der Waals surface area contributed by atoms with Crippen molar-refractivity contribution < 1.29 is 23.1 Å². The zero-order valence-corrected chi connectivity index (χ0v) is 20.8. The molecule has 9 heteroatoms. The summed E-state index contributed by atoms with van der Waals surface area (Å²) in [5.41, 5.74) is 1.75. The van der Waals surface area contributed by atoms with Gasteiger partial charge in [-0.15, -0.1) is 0 Å². The monoisotopic (exact) mass is 593 g/mol. The predicted octanol–water partition coefficient (Wildman–Crippen LogP) is 7.31. The van der Waals surface area contributed by atoms with Crippen molar-refractivity contribution in [3.05, 3.63) is 103 Å². The van der Waals surface area contributed by atoms with Crippen LogP contribution in [-0.2, 0) is 17.9 Å². The number of hydrogen-bond acceptors (Lipinski definition) is 4. The van der Waals surface area contributed by atoms with E-state index < -0.39 is 11.1 Å². The molecule has 0 radical (unpaired) electrons. The van der Waals surface area contributed by atoms with Gasteiger partial charge in [0.1, 0.15) is 24.0 Å². The molecule has 0 spiro atoms. The van der Waals surface area contributed by atoms with Crippen LogP contribution in [0.4, 0.5) is 13.6 Å². The Labute approximate surface area is 209 Å². The van der Waals surface area contributed by atoms with Crippen LogP contribution in [0.5, 0.6) is 5.75 Å². The van der Waals surface area contributed by atoms with E-state index in [9.17, 15) is 18.4 Å². The first-order valence-corrected chi connectivity index (χ1v) is 12.1. The summed E-state index contributed by atoms with van der Waals surface area (Å²) in [5.74, 6) is -0.663. The molecule has 1 saturated heterocycles. The number of ether oxygens (including phenoxy) is 1. The lowest BCUT2D eigenvalue weighted by Gasteiger charge is -2.13. The van der Waals surface area contributed by atoms with Crippen molar-refractivity contribution in [1.82, 2.24) is 4.90 Å². The SMILES string of the molecule is O=C1S/C(=C/c2cc(Br)c(OCc3ccccc3F)c(Br)c2)C(=O)N1Cc1ccc(F)cc1. The van der Waals surface area contributed by atoms with E-state index in [2.05, 4.69) is 31.9 Å². The molecule has 1 aliphatic heterocycles. The third-order valence-corrected chi connectivity index (χ3v) is 6.86. The second kappa shape index (κ2) is 10.2. The Hall–Kier alpha value is -2.49. The maximum atomic E-state index is 13.8. The molecule has 0 saturated carbocycles. The molecule has 2 amide bonds. The Bertz CT molecular complexity index is 1240. The molecule has 1 heterocycles. The van der Waals surface area contributed by atoms with Gasteiger partial charge in [0.05, 0.1) is 20.4 Å². The molecule has 4 nitrogen and oxygen atoms in total. The number of halogens is 4. The Morgan fingerprint density at radius 1 is 0.970 bits per heavy atom. The number of imide groups is 1. The predicted molar refractivity (Wildman–Crippen MR) is 130 cm³/mol. The first kappa shape index (κ1) is 23.7. The maximum absolute atomic E-state index is 13.8. The van der Waals surface area contributed by atoms with Gasteiger partial charge in [0.15, 0.2) is 0 Å².